The van der Waals surface area contributed by atoms with Crippen LogP contribution < -0.4 is 11.2 Å². The van der Waals surface area contributed by atoms with Crippen LogP contribution in [0.25, 0.3) is 0 Å². The van der Waals surface area contributed by atoms with Gasteiger partial charge in [0.2, 0.25) is 0 Å². The highest BCUT2D eigenvalue weighted by Crippen LogP contribution is 2.24. The number of hydrogen-bond donors (Lipinski definition) is 4. The fourth-order valence-corrected chi connectivity index (χ4v) is 1.57. The molecule has 0 bridgehead atoms. The van der Waals surface area contributed by atoms with Crippen LogP contribution in [-0.2, 0) is 4.74 Å². The van der Waals surface area contributed by atoms with E-state index in [0.29, 0.717) is 4.68 Å². The van der Waals surface area contributed by atoms with Crippen molar-refractivity contribution in [3.8, 4) is 0 Å². The molecule has 0 aromatic carbocycles. The van der Waals surface area contributed by atoms with Crippen LogP contribution in [-0.4, -0.2) is 48.6 Å². The molecule has 4 N–H and O–H groups in total. The Morgan fingerprint density at radius 3 is 2.71 bits per heavy atom. The number of H-pyrrole nitrogens is 1. The van der Waals surface area contributed by atoms with Gasteiger partial charge in [-0.05, 0) is 0 Å². The molecule has 9 heteroatoms. The van der Waals surface area contributed by atoms with E-state index in [0.717, 1.165) is 6.20 Å². The van der Waals surface area contributed by atoms with Crippen molar-refractivity contribution in [1.29, 1.82) is 0 Å². The molecule has 9 nitrogen and oxygen atoms in total. The lowest BCUT2D eigenvalue weighted by Crippen LogP contribution is -2.49. The van der Waals surface area contributed by atoms with Gasteiger partial charge in [-0.25, -0.2) is 4.79 Å². The molecule has 1 aliphatic rings. The summed E-state index contributed by atoms with van der Waals surface area (Å²) in [5.41, 5.74) is -1.55. The zero-order valence-corrected chi connectivity index (χ0v) is 8.55. The molecule has 94 valence electrons. The molecule has 1 saturated heterocycles. The summed E-state index contributed by atoms with van der Waals surface area (Å²) < 4.78 is 5.55. The maximum atomic E-state index is 11.4. The SMILES string of the molecule is O=c1cnn([C@H]2O[C@H](O)[C@@H](O)C[C@@H]2O)c(=O)[nH]1. The van der Waals surface area contributed by atoms with Gasteiger partial charge in [0.1, 0.15) is 18.4 Å². The Bertz CT molecular complexity index is 510. The third-order valence-corrected chi connectivity index (χ3v) is 2.40. The third kappa shape index (κ3) is 2.26. The quantitative estimate of drug-likeness (QED) is 0.411. The molecule has 1 aromatic rings. The number of rotatable bonds is 1. The van der Waals surface area contributed by atoms with Crippen LogP contribution in [0.5, 0.6) is 0 Å². The van der Waals surface area contributed by atoms with Crippen molar-refractivity contribution in [2.45, 2.75) is 31.1 Å². The minimum Gasteiger partial charge on any atom is -0.388 e. The fourth-order valence-electron chi connectivity index (χ4n) is 1.57. The lowest BCUT2D eigenvalue weighted by atomic mass is 10.1. The maximum absolute atomic E-state index is 11.4. The molecular weight excluding hydrogens is 234 g/mol. The number of aliphatic hydroxyl groups is 3. The standard InChI is InChI=1S/C8H11N3O6/c12-3-1-4(13)7(15)17-6(3)11-8(16)10-5(14)2-9-11/h2-4,6-7,12-13,15H,1H2,(H,10,14,16)/t3-,4-,6-,7-/m0/s1. The summed E-state index contributed by atoms with van der Waals surface area (Å²) in [6.07, 6.45) is -4.56. The van der Waals surface area contributed by atoms with Crippen molar-refractivity contribution in [2.24, 2.45) is 0 Å². The van der Waals surface area contributed by atoms with E-state index in [-0.39, 0.29) is 6.42 Å². The van der Waals surface area contributed by atoms with Gasteiger partial charge in [-0.1, -0.05) is 0 Å². The Kier molecular flexibility index (Phi) is 3.07. The normalized spacial score (nSPS) is 33.6. The molecule has 4 atom stereocenters. The summed E-state index contributed by atoms with van der Waals surface area (Å²) in [5.74, 6) is 0. The molecular formula is C8H11N3O6. The average Bonchev–Trinajstić information content (AvgIpc) is 2.24. The Morgan fingerprint density at radius 2 is 2.06 bits per heavy atom. The zero-order chi connectivity index (χ0) is 12.6. The van der Waals surface area contributed by atoms with Gasteiger partial charge in [0, 0.05) is 6.42 Å². The predicted molar refractivity (Wildman–Crippen MR) is 51.9 cm³/mol. The second-order valence-electron chi connectivity index (χ2n) is 3.67. The lowest BCUT2D eigenvalue weighted by Gasteiger charge is -2.34. The van der Waals surface area contributed by atoms with Crippen LogP contribution >= 0.6 is 0 Å². The van der Waals surface area contributed by atoms with Gasteiger partial charge < -0.3 is 20.1 Å². The van der Waals surface area contributed by atoms with Gasteiger partial charge >= 0.3 is 5.69 Å². The average molecular weight is 245 g/mol. The topological polar surface area (TPSA) is 138 Å². The predicted octanol–water partition coefficient (Wildman–Crippen LogP) is -3.11. The Hall–Kier alpha value is -1.55. The van der Waals surface area contributed by atoms with Crippen LogP contribution in [0.2, 0.25) is 0 Å². The van der Waals surface area contributed by atoms with E-state index in [1.54, 1.807) is 0 Å². The number of aromatic amines is 1. The van der Waals surface area contributed by atoms with E-state index >= 15 is 0 Å². The molecule has 2 heterocycles. The van der Waals surface area contributed by atoms with E-state index in [4.69, 9.17) is 4.74 Å². The molecule has 1 fully saturated rings. The number of aromatic nitrogens is 3. The van der Waals surface area contributed by atoms with Crippen molar-refractivity contribution in [3.63, 3.8) is 0 Å². The zero-order valence-electron chi connectivity index (χ0n) is 8.55. The first-order valence-corrected chi connectivity index (χ1v) is 4.87. The smallest absolute Gasteiger partial charge is 0.347 e. The molecule has 2 rings (SSSR count). The number of ether oxygens (including phenoxy) is 1. The van der Waals surface area contributed by atoms with E-state index < -0.39 is 36.0 Å². The van der Waals surface area contributed by atoms with Gasteiger partial charge in [-0.3, -0.25) is 9.78 Å². The monoisotopic (exact) mass is 245 g/mol. The highest BCUT2D eigenvalue weighted by atomic mass is 16.6. The first kappa shape index (κ1) is 11.9. The second-order valence-corrected chi connectivity index (χ2v) is 3.67. The lowest BCUT2D eigenvalue weighted by molar-refractivity contribution is -0.270. The first-order chi connectivity index (χ1) is 7.99. The van der Waals surface area contributed by atoms with Crippen LogP contribution in [0.4, 0.5) is 0 Å². The Balaban J connectivity index is 2.33. The summed E-state index contributed by atoms with van der Waals surface area (Å²) in [5, 5.41) is 31.6. The number of hydrogen-bond acceptors (Lipinski definition) is 7. The first-order valence-electron chi connectivity index (χ1n) is 4.87. The van der Waals surface area contributed by atoms with E-state index in [2.05, 4.69) is 5.10 Å². The number of nitrogens with one attached hydrogen (secondary N) is 1. The maximum Gasteiger partial charge on any atom is 0.347 e. The molecule has 0 aliphatic carbocycles. The fraction of sp³-hybridized carbons (Fsp3) is 0.625. The molecule has 0 spiro atoms. The van der Waals surface area contributed by atoms with Crippen molar-refractivity contribution in [3.05, 3.63) is 27.0 Å². The van der Waals surface area contributed by atoms with Crippen LogP contribution in [0.1, 0.15) is 12.6 Å². The molecule has 0 unspecified atom stereocenters. The molecule has 1 aliphatic heterocycles. The van der Waals surface area contributed by atoms with Crippen molar-refractivity contribution >= 4 is 0 Å². The molecule has 0 amide bonds. The molecule has 1 aromatic heterocycles. The summed E-state index contributed by atoms with van der Waals surface area (Å²) in [4.78, 5) is 24.1. The van der Waals surface area contributed by atoms with Gasteiger partial charge in [0.05, 0.1) is 0 Å². The highest BCUT2D eigenvalue weighted by molar-refractivity contribution is 4.80. The summed E-state index contributed by atoms with van der Waals surface area (Å²) in [7, 11) is 0. The molecule has 0 radical (unpaired) electrons. The van der Waals surface area contributed by atoms with Gasteiger partial charge in [0.15, 0.2) is 12.5 Å². The number of nitrogens with zero attached hydrogens (tertiary/aromatic N) is 2. The van der Waals surface area contributed by atoms with E-state index in [9.17, 15) is 24.9 Å². The largest absolute Gasteiger partial charge is 0.388 e. The van der Waals surface area contributed by atoms with E-state index in [1.165, 1.54) is 0 Å². The van der Waals surface area contributed by atoms with Crippen molar-refractivity contribution in [1.82, 2.24) is 14.8 Å². The summed E-state index contributed by atoms with van der Waals surface area (Å²) >= 11 is 0. The third-order valence-electron chi connectivity index (χ3n) is 2.40. The second kappa shape index (κ2) is 4.37. The summed E-state index contributed by atoms with van der Waals surface area (Å²) in [6.45, 7) is 0. The molecule has 17 heavy (non-hydrogen) atoms. The van der Waals surface area contributed by atoms with Crippen LogP contribution in [0.15, 0.2) is 15.8 Å². The minimum absolute atomic E-state index is 0.168. The van der Waals surface area contributed by atoms with Gasteiger partial charge in [-0.15, -0.1) is 0 Å². The highest BCUT2D eigenvalue weighted by Gasteiger charge is 2.37. The van der Waals surface area contributed by atoms with Crippen LogP contribution in [0.3, 0.4) is 0 Å². The number of aliphatic hydroxyl groups excluding tert-OH is 3. The molecule has 0 saturated carbocycles. The van der Waals surface area contributed by atoms with E-state index in [1.807, 2.05) is 4.98 Å². The van der Waals surface area contributed by atoms with Crippen molar-refractivity contribution < 1.29 is 20.1 Å². The summed E-state index contributed by atoms with van der Waals surface area (Å²) in [6, 6.07) is 0. The van der Waals surface area contributed by atoms with Gasteiger partial charge in [0.25, 0.3) is 5.56 Å². The Morgan fingerprint density at radius 1 is 1.35 bits per heavy atom. The van der Waals surface area contributed by atoms with Crippen LogP contribution in [0, 0.1) is 0 Å². The van der Waals surface area contributed by atoms with Crippen molar-refractivity contribution in [2.75, 3.05) is 0 Å². The Labute approximate surface area is 93.9 Å². The van der Waals surface area contributed by atoms with Gasteiger partial charge in [-0.2, -0.15) is 9.78 Å². The minimum atomic E-state index is -1.52.